The molecule has 0 radical (unpaired) electrons. The molecule has 0 saturated heterocycles. The Bertz CT molecular complexity index is 901. The molecule has 3 aromatic rings. The molecule has 0 aliphatic heterocycles. The number of aryl methyl sites for hydroxylation is 2. The first kappa shape index (κ1) is 16.1. The van der Waals surface area contributed by atoms with E-state index < -0.39 is 0 Å². The molecule has 2 aromatic heterocycles. The zero-order chi connectivity index (χ0) is 17.3. The van der Waals surface area contributed by atoms with Crippen LogP contribution < -0.4 is 10.6 Å². The third-order valence-electron chi connectivity index (χ3n) is 3.92. The van der Waals surface area contributed by atoms with Crippen molar-refractivity contribution < 1.29 is 4.79 Å². The van der Waals surface area contributed by atoms with Crippen LogP contribution in [0.25, 0.3) is 5.78 Å². The van der Waals surface area contributed by atoms with Gasteiger partial charge in [0.25, 0.3) is 5.78 Å². The quantitative estimate of drug-likeness (QED) is 0.783. The van der Waals surface area contributed by atoms with E-state index in [1.165, 1.54) is 0 Å². The summed E-state index contributed by atoms with van der Waals surface area (Å²) >= 11 is 0. The van der Waals surface area contributed by atoms with Crippen LogP contribution in [0.3, 0.4) is 0 Å². The number of para-hydroxylation sites is 1. The van der Waals surface area contributed by atoms with Crippen molar-refractivity contribution in [2.75, 3.05) is 11.9 Å². The van der Waals surface area contributed by atoms with Crippen LogP contribution in [0, 0.1) is 13.8 Å². The van der Waals surface area contributed by atoms with E-state index in [0.29, 0.717) is 18.1 Å². The Balaban J connectivity index is 1.85. The highest BCUT2D eigenvalue weighted by Gasteiger charge is 2.17. The molecular weight excluding hydrogens is 304 g/mol. The van der Waals surface area contributed by atoms with Crippen molar-refractivity contribution >= 4 is 17.4 Å². The normalized spacial score (nSPS) is 11.0. The van der Waals surface area contributed by atoms with Gasteiger partial charge in [0.15, 0.2) is 5.82 Å². The minimum atomic E-state index is -0.0961. The molecule has 24 heavy (non-hydrogen) atoms. The van der Waals surface area contributed by atoms with E-state index in [4.69, 9.17) is 5.73 Å². The lowest BCUT2D eigenvalue weighted by atomic mass is 10.1. The van der Waals surface area contributed by atoms with E-state index in [1.807, 2.05) is 44.2 Å². The fraction of sp³-hybridized carbons (Fsp3) is 0.294. The summed E-state index contributed by atoms with van der Waals surface area (Å²) in [4.78, 5) is 22.9. The van der Waals surface area contributed by atoms with Crippen LogP contribution in [0.5, 0.6) is 0 Å². The van der Waals surface area contributed by atoms with Crippen LogP contribution in [0.2, 0.25) is 0 Å². The molecule has 0 aliphatic carbocycles. The average molecular weight is 324 g/mol. The van der Waals surface area contributed by atoms with Gasteiger partial charge in [-0.25, -0.2) is 9.50 Å². The number of benzene rings is 1. The van der Waals surface area contributed by atoms with Crippen LogP contribution in [-0.4, -0.2) is 32.5 Å². The molecule has 0 fully saturated rings. The summed E-state index contributed by atoms with van der Waals surface area (Å²) in [7, 11) is 1.74. The molecule has 0 spiro atoms. The van der Waals surface area contributed by atoms with Crippen molar-refractivity contribution in [2.45, 2.75) is 26.8 Å². The zero-order valence-electron chi connectivity index (χ0n) is 14.0. The first-order chi connectivity index (χ1) is 11.5. The summed E-state index contributed by atoms with van der Waals surface area (Å²) in [5.74, 6) is 0.875. The molecular formula is C17H20N6O. The van der Waals surface area contributed by atoms with Gasteiger partial charge < -0.3 is 10.6 Å². The largest absolute Gasteiger partial charge is 0.326 e. The highest BCUT2D eigenvalue weighted by atomic mass is 16.2. The topological polar surface area (TPSA) is 89.4 Å². The summed E-state index contributed by atoms with van der Waals surface area (Å²) < 4.78 is 1.66. The van der Waals surface area contributed by atoms with E-state index in [-0.39, 0.29) is 12.3 Å². The number of carbonyl (C=O) groups is 1. The molecule has 124 valence electrons. The van der Waals surface area contributed by atoms with Gasteiger partial charge in [-0.15, -0.1) is 5.10 Å². The number of fused-ring (bicyclic) bond motifs is 1. The second kappa shape index (κ2) is 6.37. The summed E-state index contributed by atoms with van der Waals surface area (Å²) in [5.41, 5.74) is 9.28. The third-order valence-corrected chi connectivity index (χ3v) is 3.92. The Morgan fingerprint density at radius 2 is 2.00 bits per heavy atom. The zero-order valence-corrected chi connectivity index (χ0v) is 14.0. The number of aromatic nitrogens is 4. The van der Waals surface area contributed by atoms with Crippen LogP contribution in [0.4, 0.5) is 5.69 Å². The van der Waals surface area contributed by atoms with E-state index in [0.717, 1.165) is 22.6 Å². The summed E-state index contributed by atoms with van der Waals surface area (Å²) in [6.07, 6.45) is 0.108. The highest BCUT2D eigenvalue weighted by Crippen LogP contribution is 2.19. The Kier molecular flexibility index (Phi) is 4.26. The predicted molar refractivity (Wildman–Crippen MR) is 91.7 cm³/mol. The Labute approximate surface area is 140 Å². The molecule has 7 heteroatoms. The minimum Gasteiger partial charge on any atom is -0.326 e. The maximum atomic E-state index is 12.6. The molecule has 7 nitrogen and oxygen atoms in total. The fourth-order valence-corrected chi connectivity index (χ4v) is 2.68. The van der Waals surface area contributed by atoms with Crippen LogP contribution in [0.15, 0.2) is 30.3 Å². The molecule has 2 heterocycles. The smallest absolute Gasteiger partial charge is 0.252 e. The Morgan fingerprint density at radius 3 is 2.75 bits per heavy atom. The number of hydrogen-bond acceptors (Lipinski definition) is 5. The summed E-state index contributed by atoms with van der Waals surface area (Å²) in [6.45, 7) is 4.22. The van der Waals surface area contributed by atoms with Crippen molar-refractivity contribution in [3.8, 4) is 0 Å². The van der Waals surface area contributed by atoms with Gasteiger partial charge in [-0.2, -0.15) is 4.98 Å². The van der Waals surface area contributed by atoms with Gasteiger partial charge in [-0.05, 0) is 31.5 Å². The Morgan fingerprint density at radius 1 is 1.25 bits per heavy atom. The van der Waals surface area contributed by atoms with Gasteiger partial charge >= 0.3 is 0 Å². The van der Waals surface area contributed by atoms with E-state index in [1.54, 1.807) is 16.5 Å². The van der Waals surface area contributed by atoms with Gasteiger partial charge in [-0.3, -0.25) is 4.79 Å². The number of amides is 1. The molecule has 1 amide bonds. The maximum Gasteiger partial charge on any atom is 0.252 e. The van der Waals surface area contributed by atoms with Gasteiger partial charge in [-0.1, -0.05) is 18.2 Å². The van der Waals surface area contributed by atoms with E-state index in [9.17, 15) is 4.79 Å². The second-order valence-corrected chi connectivity index (χ2v) is 5.74. The lowest BCUT2D eigenvalue weighted by Crippen LogP contribution is -2.29. The summed E-state index contributed by atoms with van der Waals surface area (Å²) in [6, 6.07) is 9.52. The Hall–Kier alpha value is -2.80. The van der Waals surface area contributed by atoms with Crippen molar-refractivity contribution in [1.29, 1.82) is 0 Å². The fourth-order valence-electron chi connectivity index (χ4n) is 2.68. The number of nitrogens with zero attached hydrogens (tertiary/aromatic N) is 5. The first-order valence-corrected chi connectivity index (χ1v) is 7.74. The monoisotopic (exact) mass is 324 g/mol. The number of rotatable bonds is 4. The van der Waals surface area contributed by atoms with Crippen LogP contribution >= 0.6 is 0 Å². The number of likely N-dealkylation sites (N-methyl/N-ethyl adjacent to an activating group) is 1. The lowest BCUT2D eigenvalue weighted by molar-refractivity contribution is -0.117. The molecule has 1 aromatic carbocycles. The highest BCUT2D eigenvalue weighted by molar-refractivity contribution is 5.94. The molecule has 0 aliphatic rings. The standard InChI is InChI=1S/C17H20N6O/c1-11-8-12(2)23-17(19-11)20-15(21-23)9-16(24)22(3)14-7-5-4-6-13(14)10-18/h4-8H,9-10,18H2,1-3H3. The van der Waals surface area contributed by atoms with Crippen molar-refractivity contribution in [3.63, 3.8) is 0 Å². The summed E-state index contributed by atoms with van der Waals surface area (Å²) in [5, 5.41) is 4.38. The van der Waals surface area contributed by atoms with Crippen LogP contribution in [0.1, 0.15) is 22.8 Å². The van der Waals surface area contributed by atoms with Crippen molar-refractivity contribution in [1.82, 2.24) is 19.6 Å². The molecule has 0 bridgehead atoms. The molecule has 2 N–H and O–H groups in total. The molecule has 0 atom stereocenters. The minimum absolute atomic E-state index is 0.0961. The van der Waals surface area contributed by atoms with Gasteiger partial charge in [0.1, 0.15) is 0 Å². The van der Waals surface area contributed by atoms with Gasteiger partial charge in [0, 0.05) is 30.7 Å². The molecule has 3 rings (SSSR count). The van der Waals surface area contributed by atoms with Crippen molar-refractivity contribution in [2.24, 2.45) is 5.73 Å². The predicted octanol–water partition coefficient (Wildman–Crippen LogP) is 1.41. The number of anilines is 1. The molecule has 0 saturated carbocycles. The average Bonchev–Trinajstić information content (AvgIpc) is 2.96. The third kappa shape index (κ3) is 2.98. The van der Waals surface area contributed by atoms with Crippen LogP contribution in [-0.2, 0) is 17.8 Å². The van der Waals surface area contributed by atoms with Gasteiger partial charge in [0.2, 0.25) is 5.91 Å². The first-order valence-electron chi connectivity index (χ1n) is 7.74. The SMILES string of the molecule is Cc1cc(C)n2nc(CC(=O)N(C)c3ccccc3CN)nc2n1. The second-order valence-electron chi connectivity index (χ2n) is 5.74. The maximum absolute atomic E-state index is 12.6. The number of nitrogens with two attached hydrogens (primary N) is 1. The number of carbonyl (C=O) groups excluding carboxylic acids is 1. The van der Waals surface area contributed by atoms with E-state index >= 15 is 0 Å². The number of hydrogen-bond donors (Lipinski definition) is 1. The van der Waals surface area contributed by atoms with Crippen molar-refractivity contribution in [3.05, 3.63) is 53.1 Å². The lowest BCUT2D eigenvalue weighted by Gasteiger charge is -2.19. The molecule has 0 unspecified atom stereocenters. The van der Waals surface area contributed by atoms with Gasteiger partial charge in [0.05, 0.1) is 6.42 Å². The van der Waals surface area contributed by atoms with E-state index in [2.05, 4.69) is 15.1 Å².